The zero-order chi connectivity index (χ0) is 21.8. The highest BCUT2D eigenvalue weighted by Gasteiger charge is 2.44. The molecular weight excluding hydrogens is 401 g/mol. The van der Waals surface area contributed by atoms with Crippen molar-refractivity contribution in [1.29, 1.82) is 0 Å². The Morgan fingerprint density at radius 1 is 1.13 bits per heavy atom. The third kappa shape index (κ3) is 4.70. The van der Waals surface area contributed by atoms with E-state index in [1.165, 1.54) is 19.2 Å². The molecule has 2 aromatic rings. The van der Waals surface area contributed by atoms with E-state index in [2.05, 4.69) is 0 Å². The van der Waals surface area contributed by atoms with Crippen molar-refractivity contribution < 1.29 is 36.9 Å². The number of hydrogen-bond donors (Lipinski definition) is 0. The van der Waals surface area contributed by atoms with E-state index in [1.807, 2.05) is 12.1 Å². The van der Waals surface area contributed by atoms with E-state index in [0.717, 1.165) is 11.6 Å². The van der Waals surface area contributed by atoms with Crippen molar-refractivity contribution in [3.05, 3.63) is 59.2 Å². The van der Waals surface area contributed by atoms with Crippen LogP contribution in [0.4, 0.5) is 13.2 Å². The number of carbonyl (C=O) groups excluding carboxylic acids is 1. The highest BCUT2D eigenvalue weighted by atomic mass is 19.4. The minimum Gasteiger partial charge on any atom is -0.496 e. The summed E-state index contributed by atoms with van der Waals surface area (Å²) in [7, 11) is 1.19. The van der Waals surface area contributed by atoms with Gasteiger partial charge >= 0.3 is 12.1 Å². The molecule has 0 saturated carbocycles. The highest BCUT2D eigenvalue weighted by Crippen LogP contribution is 2.41. The summed E-state index contributed by atoms with van der Waals surface area (Å²) < 4.78 is 60.4. The molecule has 0 bridgehead atoms. The number of benzene rings is 2. The lowest BCUT2D eigenvalue weighted by Gasteiger charge is -2.41. The van der Waals surface area contributed by atoms with Crippen LogP contribution in [-0.2, 0) is 32.5 Å². The lowest BCUT2D eigenvalue weighted by molar-refractivity contribution is -0.151. The molecule has 0 radical (unpaired) electrons. The number of ether oxygens (including phenoxy) is 4. The Labute approximate surface area is 172 Å². The topological polar surface area (TPSA) is 54.0 Å². The van der Waals surface area contributed by atoms with Crippen molar-refractivity contribution in [3.8, 4) is 11.5 Å². The molecule has 162 valence electrons. The first kappa shape index (κ1) is 22.0. The molecule has 1 aliphatic rings. The molecule has 0 unspecified atom stereocenters. The van der Waals surface area contributed by atoms with Gasteiger partial charge in [0.1, 0.15) is 18.1 Å². The molecule has 5 nitrogen and oxygen atoms in total. The summed E-state index contributed by atoms with van der Waals surface area (Å²) in [5.41, 5.74) is -0.0444. The average Bonchev–Trinajstić information content (AvgIpc) is 2.68. The molecule has 0 aliphatic carbocycles. The minimum absolute atomic E-state index is 0.0435. The average molecular weight is 424 g/mol. The van der Waals surface area contributed by atoms with E-state index in [4.69, 9.17) is 18.9 Å². The SMILES string of the molecule is CCOC(=O)CC1(c2ccccc2OCc2ccc(C(F)(F)F)c(OC)c2)COC1. The van der Waals surface area contributed by atoms with Crippen LogP contribution in [0.3, 0.4) is 0 Å². The van der Waals surface area contributed by atoms with Crippen molar-refractivity contribution >= 4 is 5.97 Å². The number of alkyl halides is 3. The van der Waals surface area contributed by atoms with Gasteiger partial charge in [-0.25, -0.2) is 0 Å². The predicted octanol–water partition coefficient (Wildman–Crippen LogP) is 4.51. The zero-order valence-electron chi connectivity index (χ0n) is 16.8. The van der Waals surface area contributed by atoms with E-state index in [-0.39, 0.29) is 24.7 Å². The fraction of sp³-hybridized carbons (Fsp3) is 0.409. The quantitative estimate of drug-likeness (QED) is 0.584. The zero-order valence-corrected chi connectivity index (χ0v) is 16.8. The molecule has 0 spiro atoms. The fourth-order valence-corrected chi connectivity index (χ4v) is 3.44. The van der Waals surface area contributed by atoms with Crippen LogP contribution in [-0.4, -0.2) is 32.9 Å². The van der Waals surface area contributed by atoms with Crippen LogP contribution >= 0.6 is 0 Å². The summed E-state index contributed by atoms with van der Waals surface area (Å²) >= 11 is 0. The number of esters is 1. The molecule has 30 heavy (non-hydrogen) atoms. The van der Waals surface area contributed by atoms with Gasteiger partial charge in [0.15, 0.2) is 0 Å². The molecule has 1 fully saturated rings. The summed E-state index contributed by atoms with van der Waals surface area (Å²) in [6.45, 7) is 2.81. The summed E-state index contributed by atoms with van der Waals surface area (Å²) in [6.07, 6.45) is -4.34. The van der Waals surface area contributed by atoms with Gasteiger partial charge in [-0.1, -0.05) is 24.3 Å². The van der Waals surface area contributed by atoms with Gasteiger partial charge < -0.3 is 18.9 Å². The Hall–Kier alpha value is -2.74. The first-order chi connectivity index (χ1) is 14.3. The Bertz CT molecular complexity index is 891. The lowest BCUT2D eigenvalue weighted by atomic mass is 9.75. The van der Waals surface area contributed by atoms with E-state index < -0.39 is 17.2 Å². The van der Waals surface area contributed by atoms with Crippen LogP contribution < -0.4 is 9.47 Å². The van der Waals surface area contributed by atoms with Crippen LogP contribution in [0.2, 0.25) is 0 Å². The smallest absolute Gasteiger partial charge is 0.419 e. The molecular formula is C22H23F3O5. The Kier molecular flexibility index (Phi) is 6.55. The van der Waals surface area contributed by atoms with E-state index in [0.29, 0.717) is 31.1 Å². The van der Waals surface area contributed by atoms with Crippen LogP contribution in [0.1, 0.15) is 30.0 Å². The molecule has 2 aromatic carbocycles. The van der Waals surface area contributed by atoms with Crippen molar-refractivity contribution in [3.63, 3.8) is 0 Å². The number of para-hydroxylation sites is 1. The number of hydrogen-bond acceptors (Lipinski definition) is 5. The molecule has 0 N–H and O–H groups in total. The maximum atomic E-state index is 13.0. The number of rotatable bonds is 8. The largest absolute Gasteiger partial charge is 0.496 e. The molecule has 0 aromatic heterocycles. The van der Waals surface area contributed by atoms with Gasteiger partial charge in [-0.3, -0.25) is 4.79 Å². The van der Waals surface area contributed by atoms with Gasteiger partial charge in [0.25, 0.3) is 0 Å². The first-order valence-electron chi connectivity index (χ1n) is 9.49. The van der Waals surface area contributed by atoms with Gasteiger partial charge in [-0.2, -0.15) is 13.2 Å². The van der Waals surface area contributed by atoms with Gasteiger partial charge in [0.05, 0.1) is 44.3 Å². The molecule has 3 rings (SSSR count). The van der Waals surface area contributed by atoms with Gasteiger partial charge in [-0.05, 0) is 30.7 Å². The van der Waals surface area contributed by atoms with Crippen molar-refractivity contribution in [2.75, 3.05) is 26.9 Å². The molecule has 1 saturated heterocycles. The van der Waals surface area contributed by atoms with E-state index in [9.17, 15) is 18.0 Å². The normalized spacial score (nSPS) is 15.2. The number of carbonyl (C=O) groups is 1. The third-order valence-electron chi connectivity index (χ3n) is 4.97. The highest BCUT2D eigenvalue weighted by molar-refractivity contribution is 5.72. The summed E-state index contributed by atoms with van der Waals surface area (Å²) in [5, 5.41) is 0. The van der Waals surface area contributed by atoms with Crippen LogP contribution in [0.5, 0.6) is 11.5 Å². The standard InChI is InChI=1S/C22H23F3O5/c1-3-29-20(26)11-21(13-28-14-21)16-6-4-5-7-18(16)30-12-15-8-9-17(22(23,24)25)19(10-15)27-2/h4-10H,3,11-14H2,1-2H3. The molecule has 0 atom stereocenters. The number of methoxy groups -OCH3 is 1. The minimum atomic E-state index is -4.50. The molecule has 8 heteroatoms. The van der Waals surface area contributed by atoms with Crippen LogP contribution in [0, 0.1) is 0 Å². The fourth-order valence-electron chi connectivity index (χ4n) is 3.44. The third-order valence-corrected chi connectivity index (χ3v) is 4.97. The predicted molar refractivity (Wildman–Crippen MR) is 103 cm³/mol. The van der Waals surface area contributed by atoms with Crippen molar-refractivity contribution in [2.45, 2.75) is 31.5 Å². The maximum Gasteiger partial charge on any atom is 0.419 e. The molecule has 1 aliphatic heterocycles. The monoisotopic (exact) mass is 424 g/mol. The second kappa shape index (κ2) is 8.95. The van der Waals surface area contributed by atoms with Crippen LogP contribution in [0.25, 0.3) is 0 Å². The summed E-state index contributed by atoms with van der Waals surface area (Å²) in [5.74, 6) is -0.0323. The first-order valence-corrected chi connectivity index (χ1v) is 9.49. The Morgan fingerprint density at radius 3 is 2.47 bits per heavy atom. The van der Waals surface area contributed by atoms with Crippen molar-refractivity contribution in [2.24, 2.45) is 0 Å². The second-order valence-corrected chi connectivity index (χ2v) is 7.07. The van der Waals surface area contributed by atoms with Gasteiger partial charge in [-0.15, -0.1) is 0 Å². The van der Waals surface area contributed by atoms with Crippen LogP contribution in [0.15, 0.2) is 42.5 Å². The summed E-state index contributed by atoms with van der Waals surface area (Å²) in [6, 6.07) is 10.9. The lowest BCUT2D eigenvalue weighted by Crippen LogP contribution is -2.48. The summed E-state index contributed by atoms with van der Waals surface area (Å²) in [4.78, 5) is 12.1. The number of halogens is 3. The van der Waals surface area contributed by atoms with Gasteiger partial charge in [0, 0.05) is 5.56 Å². The Balaban J connectivity index is 1.80. The molecule has 1 heterocycles. The Morgan fingerprint density at radius 2 is 1.87 bits per heavy atom. The maximum absolute atomic E-state index is 13.0. The van der Waals surface area contributed by atoms with Gasteiger partial charge in [0.2, 0.25) is 0 Å². The van der Waals surface area contributed by atoms with Crippen molar-refractivity contribution in [1.82, 2.24) is 0 Å². The molecule has 0 amide bonds. The van der Waals surface area contributed by atoms with E-state index in [1.54, 1.807) is 19.1 Å². The second-order valence-electron chi connectivity index (χ2n) is 7.07. The van der Waals surface area contributed by atoms with E-state index >= 15 is 0 Å².